The molecule has 0 aliphatic rings. The second kappa shape index (κ2) is 6.53. The van der Waals surface area contributed by atoms with Gasteiger partial charge in [-0.15, -0.1) is 10.2 Å². The van der Waals surface area contributed by atoms with Crippen LogP contribution in [0.5, 0.6) is 0 Å². The molecule has 0 atom stereocenters. The van der Waals surface area contributed by atoms with Crippen molar-refractivity contribution in [2.45, 2.75) is 6.92 Å². The second-order valence-corrected chi connectivity index (χ2v) is 5.82. The third kappa shape index (κ3) is 3.70. The van der Waals surface area contributed by atoms with Gasteiger partial charge in [0.1, 0.15) is 5.82 Å². The molecular weight excluding hydrogens is 315 g/mol. The summed E-state index contributed by atoms with van der Waals surface area (Å²) in [6.07, 6.45) is 0. The Bertz CT molecular complexity index is 849. The summed E-state index contributed by atoms with van der Waals surface area (Å²) in [5.41, 5.74) is 2.08. The highest BCUT2D eigenvalue weighted by Crippen LogP contribution is 2.28. The number of carbonyl (C=O) groups is 1. The Balaban J connectivity index is 1.69. The van der Waals surface area contributed by atoms with E-state index < -0.39 is 6.03 Å². The number of amides is 2. The topological polar surface area (TPSA) is 66.9 Å². The number of hydrogen-bond donors (Lipinski definition) is 2. The summed E-state index contributed by atoms with van der Waals surface area (Å²) in [5, 5.41) is 13.8. The van der Waals surface area contributed by atoms with Crippen LogP contribution in [0.2, 0.25) is 0 Å². The molecule has 0 fully saturated rings. The standard InChI is InChI=1S/C16H13FN4OS/c1-10-5-4-6-11(9-10)18-15(22)19-16-21-20-14(23-16)12-7-2-3-8-13(12)17/h2-9H,1H3,(H2,18,19,21,22). The minimum absolute atomic E-state index is 0.299. The average molecular weight is 328 g/mol. The van der Waals surface area contributed by atoms with Crippen LogP contribution in [0, 0.1) is 12.7 Å². The lowest BCUT2D eigenvalue weighted by Gasteiger charge is -2.05. The summed E-state index contributed by atoms with van der Waals surface area (Å²) in [6, 6.07) is 13.3. The van der Waals surface area contributed by atoms with Crippen molar-refractivity contribution in [3.63, 3.8) is 0 Å². The number of rotatable bonds is 3. The number of benzene rings is 2. The Morgan fingerprint density at radius 1 is 1.09 bits per heavy atom. The largest absolute Gasteiger partial charge is 0.325 e. The molecule has 5 nitrogen and oxygen atoms in total. The van der Waals surface area contributed by atoms with Crippen LogP contribution in [-0.2, 0) is 0 Å². The van der Waals surface area contributed by atoms with Crippen molar-refractivity contribution in [3.05, 3.63) is 59.9 Å². The van der Waals surface area contributed by atoms with Crippen molar-refractivity contribution >= 4 is 28.2 Å². The molecule has 2 amide bonds. The van der Waals surface area contributed by atoms with Crippen LogP contribution in [0.1, 0.15) is 5.56 Å². The van der Waals surface area contributed by atoms with Crippen LogP contribution in [0.25, 0.3) is 10.6 Å². The zero-order chi connectivity index (χ0) is 16.2. The number of carbonyl (C=O) groups excluding carboxylic acids is 1. The Morgan fingerprint density at radius 3 is 2.70 bits per heavy atom. The first kappa shape index (κ1) is 15.1. The number of anilines is 2. The normalized spacial score (nSPS) is 10.3. The van der Waals surface area contributed by atoms with Gasteiger partial charge in [-0.1, -0.05) is 35.6 Å². The summed E-state index contributed by atoms with van der Waals surface area (Å²) >= 11 is 1.11. The predicted molar refractivity (Wildman–Crippen MR) is 89.1 cm³/mol. The first-order valence-corrected chi connectivity index (χ1v) is 7.66. The second-order valence-electron chi connectivity index (χ2n) is 4.84. The molecule has 0 radical (unpaired) electrons. The first-order valence-electron chi connectivity index (χ1n) is 6.85. The van der Waals surface area contributed by atoms with Crippen LogP contribution in [0.15, 0.2) is 48.5 Å². The number of aryl methyl sites for hydroxylation is 1. The van der Waals surface area contributed by atoms with Gasteiger partial charge >= 0.3 is 6.03 Å². The minimum Gasteiger partial charge on any atom is -0.308 e. The smallest absolute Gasteiger partial charge is 0.308 e. The van der Waals surface area contributed by atoms with Gasteiger partial charge in [0, 0.05) is 11.3 Å². The molecule has 0 unspecified atom stereocenters. The fraction of sp³-hybridized carbons (Fsp3) is 0.0625. The lowest BCUT2D eigenvalue weighted by Crippen LogP contribution is -2.19. The van der Waals surface area contributed by atoms with E-state index in [4.69, 9.17) is 0 Å². The maximum Gasteiger partial charge on any atom is 0.325 e. The molecule has 3 rings (SSSR count). The Kier molecular flexibility index (Phi) is 4.29. The highest BCUT2D eigenvalue weighted by atomic mass is 32.1. The molecule has 0 saturated carbocycles. The number of urea groups is 1. The fourth-order valence-corrected chi connectivity index (χ4v) is 2.77. The van der Waals surface area contributed by atoms with Crippen LogP contribution >= 0.6 is 11.3 Å². The third-order valence-electron chi connectivity index (χ3n) is 3.03. The third-order valence-corrected chi connectivity index (χ3v) is 3.90. The summed E-state index contributed by atoms with van der Waals surface area (Å²) in [6.45, 7) is 1.94. The van der Waals surface area contributed by atoms with E-state index in [0.717, 1.165) is 16.9 Å². The maximum atomic E-state index is 13.7. The molecule has 116 valence electrons. The lowest BCUT2D eigenvalue weighted by molar-refractivity contribution is 0.262. The van der Waals surface area contributed by atoms with E-state index in [1.54, 1.807) is 24.3 Å². The van der Waals surface area contributed by atoms with Gasteiger partial charge in [-0.25, -0.2) is 9.18 Å². The molecule has 0 aliphatic heterocycles. The number of hydrogen-bond acceptors (Lipinski definition) is 4. The SMILES string of the molecule is Cc1cccc(NC(=O)Nc2nnc(-c3ccccc3F)s2)c1. The number of aromatic nitrogens is 2. The fourth-order valence-electron chi connectivity index (χ4n) is 2.00. The van der Waals surface area contributed by atoms with Gasteiger partial charge in [0.25, 0.3) is 0 Å². The highest BCUT2D eigenvalue weighted by Gasteiger charge is 2.12. The van der Waals surface area contributed by atoms with E-state index in [2.05, 4.69) is 20.8 Å². The zero-order valence-corrected chi connectivity index (χ0v) is 13.0. The van der Waals surface area contributed by atoms with Crippen molar-refractivity contribution in [1.82, 2.24) is 10.2 Å². The van der Waals surface area contributed by atoms with Crippen molar-refractivity contribution in [1.29, 1.82) is 0 Å². The molecule has 0 saturated heterocycles. The summed E-state index contributed by atoms with van der Waals surface area (Å²) < 4.78 is 13.7. The Labute approximate surface area is 136 Å². The van der Waals surface area contributed by atoms with E-state index in [1.807, 2.05) is 25.1 Å². The predicted octanol–water partition coefficient (Wildman–Crippen LogP) is 4.30. The molecule has 23 heavy (non-hydrogen) atoms. The first-order chi connectivity index (χ1) is 11.1. The lowest BCUT2D eigenvalue weighted by atomic mass is 10.2. The van der Waals surface area contributed by atoms with Gasteiger partial charge in [-0.05, 0) is 36.8 Å². The van der Waals surface area contributed by atoms with E-state index >= 15 is 0 Å². The maximum absolute atomic E-state index is 13.7. The quantitative estimate of drug-likeness (QED) is 0.753. The van der Waals surface area contributed by atoms with E-state index in [0.29, 0.717) is 21.4 Å². The van der Waals surface area contributed by atoms with Crippen molar-refractivity contribution in [2.75, 3.05) is 10.6 Å². The number of halogens is 1. The summed E-state index contributed by atoms with van der Waals surface area (Å²) in [4.78, 5) is 11.9. The average Bonchev–Trinajstić information content (AvgIpc) is 2.95. The Morgan fingerprint density at radius 2 is 1.91 bits per heavy atom. The molecule has 0 bridgehead atoms. The monoisotopic (exact) mass is 328 g/mol. The Hall–Kier alpha value is -2.80. The molecule has 0 aliphatic carbocycles. The molecule has 3 aromatic rings. The van der Waals surface area contributed by atoms with E-state index in [1.165, 1.54) is 6.07 Å². The molecule has 2 N–H and O–H groups in total. The molecule has 1 heterocycles. The van der Waals surface area contributed by atoms with E-state index in [-0.39, 0.29) is 5.82 Å². The van der Waals surface area contributed by atoms with Gasteiger partial charge in [-0.3, -0.25) is 5.32 Å². The highest BCUT2D eigenvalue weighted by molar-refractivity contribution is 7.18. The minimum atomic E-state index is -0.424. The van der Waals surface area contributed by atoms with Gasteiger partial charge in [0.2, 0.25) is 5.13 Å². The van der Waals surface area contributed by atoms with Gasteiger partial charge in [0.05, 0.1) is 0 Å². The van der Waals surface area contributed by atoms with Crippen LogP contribution in [0.3, 0.4) is 0 Å². The molecule has 0 spiro atoms. The van der Waals surface area contributed by atoms with Crippen molar-refractivity contribution in [2.24, 2.45) is 0 Å². The van der Waals surface area contributed by atoms with Gasteiger partial charge in [-0.2, -0.15) is 0 Å². The number of nitrogens with one attached hydrogen (secondary N) is 2. The van der Waals surface area contributed by atoms with Crippen LogP contribution in [0.4, 0.5) is 20.0 Å². The number of nitrogens with zero attached hydrogens (tertiary/aromatic N) is 2. The van der Waals surface area contributed by atoms with Gasteiger partial charge in [0.15, 0.2) is 5.01 Å². The van der Waals surface area contributed by atoms with Crippen LogP contribution in [-0.4, -0.2) is 16.2 Å². The van der Waals surface area contributed by atoms with E-state index in [9.17, 15) is 9.18 Å². The van der Waals surface area contributed by atoms with Gasteiger partial charge < -0.3 is 5.32 Å². The summed E-state index contributed by atoms with van der Waals surface area (Å²) in [7, 11) is 0. The van der Waals surface area contributed by atoms with Crippen molar-refractivity contribution in [3.8, 4) is 10.6 Å². The summed E-state index contributed by atoms with van der Waals surface area (Å²) in [5.74, 6) is -0.376. The van der Waals surface area contributed by atoms with Crippen molar-refractivity contribution < 1.29 is 9.18 Å². The molecular formula is C16H13FN4OS. The molecule has 2 aromatic carbocycles. The molecule has 7 heteroatoms. The zero-order valence-electron chi connectivity index (χ0n) is 12.2. The van der Waals surface area contributed by atoms with Crippen LogP contribution < -0.4 is 10.6 Å². The molecule has 1 aromatic heterocycles.